The second-order valence-electron chi connectivity index (χ2n) is 14.2. The van der Waals surface area contributed by atoms with E-state index in [1.54, 1.807) is 23.3 Å². The van der Waals surface area contributed by atoms with Crippen LogP contribution in [0.3, 0.4) is 0 Å². The Morgan fingerprint density at radius 1 is 0.660 bits per heavy atom. The van der Waals surface area contributed by atoms with Gasteiger partial charge in [-0.1, -0.05) is 125 Å². The van der Waals surface area contributed by atoms with E-state index in [1.807, 2.05) is 0 Å². The van der Waals surface area contributed by atoms with E-state index < -0.39 is 0 Å². The molecule has 6 aromatic rings. The Kier molecular flexibility index (Phi) is 15.2. The van der Waals surface area contributed by atoms with Crippen LogP contribution >= 0.6 is 0 Å². The molecule has 6 aromatic carbocycles. The predicted octanol–water partition coefficient (Wildman–Crippen LogP) is 6.90. The second kappa shape index (κ2) is 17.4. The molecule has 0 saturated heterocycles. The summed E-state index contributed by atoms with van der Waals surface area (Å²) in [5, 5.41) is 5.48. The van der Waals surface area contributed by atoms with Gasteiger partial charge >= 0.3 is 41.9 Å². The molecule has 0 aromatic heterocycles. The summed E-state index contributed by atoms with van der Waals surface area (Å²) in [5.74, 6) is 0.573. The standard InChI is InChI=1S/C22H25.C19H19.C2H6Si.2ClH.Zr/c1-15(2)18-13-17-7-6-8-20(21(17)14-18)16-9-11-19(12-10-16)22(3,4)5;1-12-7-13(2)9-16(8-12)17-6-5-15(4)18-10-14(3)11-19(17)18;1-3-2;;;/h6-15H,1-5H3;5-11H,1-4H3;1-2H3;2*1H;/q2*-1;;;;+2/p-2. The predicted molar refractivity (Wildman–Crippen MR) is 199 cm³/mol. The van der Waals surface area contributed by atoms with Crippen molar-refractivity contribution in [3.05, 3.63) is 130 Å². The number of benzene rings is 4. The van der Waals surface area contributed by atoms with Gasteiger partial charge in [0.25, 0.3) is 0 Å². The van der Waals surface area contributed by atoms with Crippen LogP contribution in [0, 0.1) is 27.7 Å². The van der Waals surface area contributed by atoms with Gasteiger partial charge in [0.1, 0.15) is 0 Å². The van der Waals surface area contributed by atoms with Crippen molar-refractivity contribution in [1.82, 2.24) is 0 Å². The van der Waals surface area contributed by atoms with Gasteiger partial charge in [-0.25, -0.2) is 0 Å². The van der Waals surface area contributed by atoms with Crippen LogP contribution in [-0.4, -0.2) is 5.43 Å². The van der Waals surface area contributed by atoms with Crippen LogP contribution in [0.4, 0.5) is 0 Å². The molecule has 0 saturated carbocycles. The van der Waals surface area contributed by atoms with Gasteiger partial charge in [0.15, 0.2) is 0 Å². The molecule has 0 nitrogen and oxygen atoms in total. The van der Waals surface area contributed by atoms with Crippen molar-refractivity contribution in [3.8, 4) is 22.3 Å². The zero-order valence-corrected chi connectivity index (χ0v) is 35.0. The first-order valence-electron chi connectivity index (χ1n) is 16.2. The number of hydrogen-bond acceptors (Lipinski definition) is 0. The SMILES string of the molecule is CC(C)c1cc2c(-c3ccc(C(C)(C)C)cc3)cccc2[cH-]1.C[Si](C)=[Zr+2].Cc1cc(C)cc(-c2ccc(C)c3[cH-]c(C)cc23)c1.[Cl-].[Cl-]. The normalized spacial score (nSPS) is 10.9. The van der Waals surface area contributed by atoms with Crippen LogP contribution in [0.2, 0.25) is 13.1 Å². The third kappa shape index (κ3) is 10.6. The maximum absolute atomic E-state index is 2.35. The molecule has 47 heavy (non-hydrogen) atoms. The molecule has 6 rings (SSSR count). The van der Waals surface area contributed by atoms with Crippen LogP contribution < -0.4 is 24.8 Å². The van der Waals surface area contributed by atoms with Crippen molar-refractivity contribution >= 4 is 27.0 Å². The molecule has 0 bridgehead atoms. The van der Waals surface area contributed by atoms with E-state index >= 15 is 0 Å². The average Bonchev–Trinajstić information content (AvgIpc) is 3.57. The Hall–Kier alpha value is -2.22. The zero-order valence-electron chi connectivity index (χ0n) is 30.1. The van der Waals surface area contributed by atoms with Gasteiger partial charge in [0.05, 0.1) is 0 Å². The average molecular weight is 757 g/mol. The summed E-state index contributed by atoms with van der Waals surface area (Å²) in [4.78, 5) is 0. The summed E-state index contributed by atoms with van der Waals surface area (Å²) in [6, 6.07) is 36.2. The summed E-state index contributed by atoms with van der Waals surface area (Å²) in [6.07, 6.45) is 0. The minimum atomic E-state index is 0. The van der Waals surface area contributed by atoms with Crippen LogP contribution in [-0.2, 0) is 28.8 Å². The first-order valence-corrected chi connectivity index (χ1v) is 22.4. The molecule has 0 amide bonds. The Morgan fingerprint density at radius 2 is 1.23 bits per heavy atom. The molecule has 0 aliphatic rings. The van der Waals surface area contributed by atoms with Crippen LogP contribution in [0.25, 0.3) is 43.8 Å². The van der Waals surface area contributed by atoms with E-state index in [-0.39, 0.29) is 35.7 Å². The van der Waals surface area contributed by atoms with Crippen molar-refractivity contribution in [3.63, 3.8) is 0 Å². The molecular weight excluding hydrogens is 707 g/mol. The first kappa shape index (κ1) is 41.0. The van der Waals surface area contributed by atoms with Crippen LogP contribution in [0.5, 0.6) is 0 Å². The number of fused-ring (bicyclic) bond motifs is 2. The van der Waals surface area contributed by atoms with Gasteiger partial charge < -0.3 is 24.8 Å². The number of rotatable bonds is 3. The van der Waals surface area contributed by atoms with Crippen LogP contribution in [0.15, 0.2) is 97.1 Å². The van der Waals surface area contributed by atoms with Gasteiger partial charge in [-0.05, 0) is 41.9 Å². The molecule has 0 aliphatic heterocycles. The maximum atomic E-state index is 2.35. The molecule has 246 valence electrons. The molecule has 0 radical (unpaired) electrons. The quantitative estimate of drug-likeness (QED) is 0.136. The monoisotopic (exact) mass is 754 g/mol. The summed E-state index contributed by atoms with van der Waals surface area (Å²) in [6.45, 7) is 24.6. The third-order valence-electron chi connectivity index (χ3n) is 8.28. The Morgan fingerprint density at radius 3 is 1.79 bits per heavy atom. The van der Waals surface area contributed by atoms with Crippen molar-refractivity contribution in [2.24, 2.45) is 0 Å². The minimum absolute atomic E-state index is 0. The smallest absolute Gasteiger partial charge is 0.0274 e. The minimum Gasteiger partial charge on any atom is -1.00 e. The van der Waals surface area contributed by atoms with Crippen LogP contribution in [0.1, 0.15) is 73.9 Å². The Labute approximate surface area is 312 Å². The summed E-state index contributed by atoms with van der Waals surface area (Å²) in [7, 11) is 0. The van der Waals surface area contributed by atoms with Gasteiger partial charge in [-0.3, -0.25) is 0 Å². The fraction of sp³-hybridized carbons (Fsp3) is 0.302. The van der Waals surface area contributed by atoms with Gasteiger partial charge in [-0.2, -0.15) is 12.1 Å². The Balaban J connectivity index is 0.000000285. The van der Waals surface area contributed by atoms with E-state index in [1.165, 1.54) is 77.2 Å². The van der Waals surface area contributed by atoms with E-state index in [2.05, 4.69) is 172 Å². The summed E-state index contributed by atoms with van der Waals surface area (Å²) < 4.78 is 0. The van der Waals surface area contributed by atoms with Gasteiger partial charge in [-0.15, -0.1) is 68.6 Å². The molecule has 4 heteroatoms. The largest absolute Gasteiger partial charge is 1.00 e. The number of halogens is 2. The summed E-state index contributed by atoms with van der Waals surface area (Å²) in [5.41, 5.74) is 13.9. The second-order valence-corrected chi connectivity index (χ2v) is 23.6. The molecule has 0 aliphatic carbocycles. The van der Waals surface area contributed by atoms with Crippen molar-refractivity contribution in [1.29, 1.82) is 0 Å². The fourth-order valence-electron chi connectivity index (χ4n) is 5.96. The number of aryl methyl sites for hydroxylation is 4. The summed E-state index contributed by atoms with van der Waals surface area (Å²) >= 11 is 1.74. The third-order valence-corrected chi connectivity index (χ3v) is 8.28. The molecule has 0 atom stereocenters. The molecular formula is C43H50Cl2SiZr-2. The van der Waals surface area contributed by atoms with E-state index in [9.17, 15) is 0 Å². The van der Waals surface area contributed by atoms with E-state index in [0.29, 0.717) is 5.92 Å². The van der Waals surface area contributed by atoms with Crippen molar-refractivity contribution in [2.45, 2.75) is 86.7 Å². The first-order chi connectivity index (χ1) is 21.1. The van der Waals surface area contributed by atoms with Crippen molar-refractivity contribution in [2.75, 3.05) is 0 Å². The molecule has 0 spiro atoms. The maximum Gasteiger partial charge on any atom is -0.0274 e. The van der Waals surface area contributed by atoms with Gasteiger partial charge in [0, 0.05) is 0 Å². The fourth-order valence-corrected chi connectivity index (χ4v) is 5.96. The zero-order chi connectivity index (χ0) is 33.1. The molecule has 0 N–H and O–H groups in total. The van der Waals surface area contributed by atoms with Crippen molar-refractivity contribution < 1.29 is 48.1 Å². The molecule has 0 heterocycles. The molecule has 0 unspecified atom stereocenters. The Bertz CT molecular complexity index is 1910. The van der Waals surface area contributed by atoms with Gasteiger partial charge in [0.2, 0.25) is 0 Å². The topological polar surface area (TPSA) is 0 Å². The molecule has 0 fully saturated rings. The van der Waals surface area contributed by atoms with E-state index in [0.717, 1.165) is 0 Å². The van der Waals surface area contributed by atoms with E-state index in [4.69, 9.17) is 0 Å². The number of hydrogen-bond donors (Lipinski definition) is 0.